The molecule has 1 aromatic rings. The number of nitrogens with zero attached hydrogens (tertiary/aromatic N) is 3. The Kier molecular flexibility index (Phi) is 11.6. The number of ether oxygens (including phenoxy) is 3. The highest BCUT2D eigenvalue weighted by molar-refractivity contribution is 14.0. The minimum absolute atomic E-state index is 0. The van der Waals surface area contributed by atoms with Crippen molar-refractivity contribution in [2.75, 3.05) is 72.2 Å². The number of guanidine groups is 1. The van der Waals surface area contributed by atoms with Gasteiger partial charge in [-0.25, -0.2) is 0 Å². The first kappa shape index (κ1) is 25.7. The lowest BCUT2D eigenvalue weighted by Gasteiger charge is -2.34. The molecule has 0 aromatic carbocycles. The Hall–Kier alpha value is -0.880. The van der Waals surface area contributed by atoms with E-state index in [1.165, 1.54) is 6.42 Å². The van der Waals surface area contributed by atoms with Crippen LogP contribution in [0.1, 0.15) is 31.4 Å². The minimum atomic E-state index is 0. The fourth-order valence-electron chi connectivity index (χ4n) is 4.40. The lowest BCUT2D eigenvalue weighted by molar-refractivity contribution is -0.0367. The summed E-state index contributed by atoms with van der Waals surface area (Å²) in [4.78, 5) is 9.76. The summed E-state index contributed by atoms with van der Waals surface area (Å²) in [6, 6.07) is 3.96. The zero-order valence-corrected chi connectivity index (χ0v) is 21.4. The first-order chi connectivity index (χ1) is 15.4. The number of furan rings is 1. The number of likely N-dealkylation sites (tertiary alicyclic amines) is 1. The van der Waals surface area contributed by atoms with E-state index in [1.54, 1.807) is 6.26 Å². The van der Waals surface area contributed by atoms with Gasteiger partial charge >= 0.3 is 0 Å². The highest BCUT2D eigenvalue weighted by Gasteiger charge is 2.24. The summed E-state index contributed by atoms with van der Waals surface area (Å²) in [7, 11) is 0. The van der Waals surface area contributed by atoms with Crippen LogP contribution in [0.25, 0.3) is 0 Å². The van der Waals surface area contributed by atoms with Crippen molar-refractivity contribution >= 4 is 29.9 Å². The molecule has 182 valence electrons. The molecule has 4 rings (SSSR count). The fraction of sp³-hybridized carbons (Fsp3) is 0.783. The van der Waals surface area contributed by atoms with Gasteiger partial charge in [-0.3, -0.25) is 9.89 Å². The Morgan fingerprint density at radius 2 is 1.97 bits per heavy atom. The minimum Gasteiger partial charge on any atom is -0.469 e. The van der Waals surface area contributed by atoms with Gasteiger partial charge in [-0.15, -0.1) is 24.0 Å². The number of nitrogens with one attached hydrogen (secondary N) is 1. The highest BCUT2D eigenvalue weighted by Crippen LogP contribution is 2.18. The third-order valence-electron chi connectivity index (χ3n) is 6.30. The van der Waals surface area contributed by atoms with Gasteiger partial charge in [-0.2, -0.15) is 0 Å². The molecule has 0 amide bonds. The van der Waals surface area contributed by atoms with Gasteiger partial charge in [-0.05, 0) is 37.8 Å². The lowest BCUT2D eigenvalue weighted by Crippen LogP contribution is -2.48. The van der Waals surface area contributed by atoms with Crippen molar-refractivity contribution in [3.8, 4) is 0 Å². The molecule has 3 saturated heterocycles. The molecule has 4 heterocycles. The van der Waals surface area contributed by atoms with Crippen molar-refractivity contribution in [2.45, 2.75) is 44.3 Å². The van der Waals surface area contributed by atoms with Crippen molar-refractivity contribution in [3.05, 3.63) is 24.2 Å². The highest BCUT2D eigenvalue weighted by atomic mass is 127. The molecular weight excluding hydrogens is 523 g/mol. The molecule has 9 heteroatoms. The number of piperidine rings is 1. The van der Waals surface area contributed by atoms with Gasteiger partial charge in [0, 0.05) is 52.3 Å². The topological polar surface area (TPSA) is 71.7 Å². The second-order valence-electron chi connectivity index (χ2n) is 8.57. The number of hydrogen-bond acceptors (Lipinski definition) is 6. The summed E-state index contributed by atoms with van der Waals surface area (Å²) in [5.74, 6) is 2.01. The van der Waals surface area contributed by atoms with Gasteiger partial charge in [0.05, 0.1) is 44.8 Å². The number of morpholine rings is 1. The zero-order chi connectivity index (χ0) is 21.1. The number of hydrogen-bond donors (Lipinski definition) is 1. The van der Waals surface area contributed by atoms with E-state index < -0.39 is 0 Å². The molecule has 32 heavy (non-hydrogen) atoms. The predicted octanol–water partition coefficient (Wildman–Crippen LogP) is 2.38. The summed E-state index contributed by atoms with van der Waals surface area (Å²) in [5, 5.41) is 3.57. The molecular formula is C23H39IN4O4. The maximum atomic E-state index is 6.14. The van der Waals surface area contributed by atoms with Crippen LogP contribution < -0.4 is 5.32 Å². The first-order valence-electron chi connectivity index (χ1n) is 12.0. The average Bonchev–Trinajstić information content (AvgIpc) is 3.52. The molecule has 1 N–H and O–H groups in total. The SMILES string of the molecule is I.c1coc(CCNC(=NCCN2CCOCC2)N2CCC(OCC3CCCO3)CC2)c1. The van der Waals surface area contributed by atoms with E-state index in [0.717, 1.165) is 110 Å². The maximum Gasteiger partial charge on any atom is 0.193 e. The van der Waals surface area contributed by atoms with Gasteiger partial charge in [0.2, 0.25) is 0 Å². The maximum absolute atomic E-state index is 6.14. The van der Waals surface area contributed by atoms with Gasteiger partial charge in [0.15, 0.2) is 5.96 Å². The van der Waals surface area contributed by atoms with Crippen LogP contribution in [0.2, 0.25) is 0 Å². The fourth-order valence-corrected chi connectivity index (χ4v) is 4.40. The van der Waals surface area contributed by atoms with Crippen LogP contribution >= 0.6 is 24.0 Å². The molecule has 3 fully saturated rings. The van der Waals surface area contributed by atoms with E-state index in [0.29, 0.717) is 12.2 Å². The molecule has 0 spiro atoms. The predicted molar refractivity (Wildman–Crippen MR) is 135 cm³/mol. The monoisotopic (exact) mass is 562 g/mol. The molecule has 1 atom stereocenters. The number of rotatable bonds is 9. The molecule has 0 radical (unpaired) electrons. The van der Waals surface area contributed by atoms with E-state index >= 15 is 0 Å². The van der Waals surface area contributed by atoms with Gasteiger partial charge in [0.1, 0.15) is 5.76 Å². The third kappa shape index (κ3) is 8.48. The van der Waals surface area contributed by atoms with Crippen molar-refractivity contribution in [1.82, 2.24) is 15.1 Å². The van der Waals surface area contributed by atoms with Gasteiger partial charge in [0.25, 0.3) is 0 Å². The Morgan fingerprint density at radius 1 is 1.12 bits per heavy atom. The van der Waals surface area contributed by atoms with Crippen LogP contribution in [0.5, 0.6) is 0 Å². The van der Waals surface area contributed by atoms with Gasteiger partial charge in [-0.1, -0.05) is 0 Å². The number of aliphatic imine (C=N–C) groups is 1. The zero-order valence-electron chi connectivity index (χ0n) is 19.1. The number of halogens is 1. The van der Waals surface area contributed by atoms with Crippen LogP contribution in [-0.2, 0) is 20.6 Å². The smallest absolute Gasteiger partial charge is 0.193 e. The van der Waals surface area contributed by atoms with Crippen LogP contribution in [0.15, 0.2) is 27.8 Å². The summed E-state index contributed by atoms with van der Waals surface area (Å²) < 4.78 is 22.7. The summed E-state index contributed by atoms with van der Waals surface area (Å²) >= 11 is 0. The van der Waals surface area contributed by atoms with Crippen molar-refractivity contribution < 1.29 is 18.6 Å². The lowest BCUT2D eigenvalue weighted by atomic mass is 10.1. The molecule has 1 aromatic heterocycles. The molecule has 1 unspecified atom stereocenters. The summed E-state index contributed by atoms with van der Waals surface area (Å²) in [5.41, 5.74) is 0. The van der Waals surface area contributed by atoms with E-state index in [4.69, 9.17) is 23.6 Å². The first-order valence-corrected chi connectivity index (χ1v) is 12.0. The molecule has 3 aliphatic heterocycles. The van der Waals surface area contributed by atoms with Crippen LogP contribution in [-0.4, -0.2) is 100 Å². The Morgan fingerprint density at radius 3 is 2.69 bits per heavy atom. The largest absolute Gasteiger partial charge is 0.469 e. The van der Waals surface area contributed by atoms with E-state index in [1.807, 2.05) is 12.1 Å². The van der Waals surface area contributed by atoms with Crippen molar-refractivity contribution in [3.63, 3.8) is 0 Å². The Labute approximate surface area is 209 Å². The van der Waals surface area contributed by atoms with E-state index in [-0.39, 0.29) is 24.0 Å². The normalized spacial score (nSPS) is 23.3. The molecule has 0 aliphatic carbocycles. The quantitative estimate of drug-likeness (QED) is 0.282. The summed E-state index contributed by atoms with van der Waals surface area (Å²) in [6.45, 7) is 9.85. The van der Waals surface area contributed by atoms with Crippen LogP contribution in [0, 0.1) is 0 Å². The third-order valence-corrected chi connectivity index (χ3v) is 6.30. The van der Waals surface area contributed by atoms with Crippen molar-refractivity contribution in [2.24, 2.45) is 4.99 Å². The van der Waals surface area contributed by atoms with Gasteiger partial charge < -0.3 is 28.8 Å². The molecule has 0 saturated carbocycles. The molecule has 3 aliphatic rings. The Bertz CT molecular complexity index is 640. The van der Waals surface area contributed by atoms with Crippen molar-refractivity contribution in [1.29, 1.82) is 0 Å². The van der Waals surface area contributed by atoms with E-state index in [2.05, 4.69) is 15.1 Å². The molecule has 8 nitrogen and oxygen atoms in total. The average molecular weight is 562 g/mol. The standard InChI is InChI=1S/C23H38N4O4.HI/c1-3-20(29-15-1)5-8-24-23(25-9-12-26-13-17-28-18-14-26)27-10-6-21(7-11-27)31-19-22-4-2-16-30-22;/h1,3,15,21-22H,2,4-14,16-19H2,(H,24,25);1H. The summed E-state index contributed by atoms with van der Waals surface area (Å²) in [6.07, 6.45) is 7.60. The second-order valence-corrected chi connectivity index (χ2v) is 8.57. The van der Waals surface area contributed by atoms with Crippen LogP contribution in [0.4, 0.5) is 0 Å². The Balaban J connectivity index is 0.00000289. The van der Waals surface area contributed by atoms with Crippen LogP contribution in [0.3, 0.4) is 0 Å². The molecule has 0 bridgehead atoms. The van der Waals surface area contributed by atoms with E-state index in [9.17, 15) is 0 Å². The second kappa shape index (κ2) is 14.4.